The van der Waals surface area contributed by atoms with Crippen LogP contribution in [0.5, 0.6) is 0 Å². The Morgan fingerprint density at radius 3 is 2.75 bits per heavy atom. The lowest BCUT2D eigenvalue weighted by molar-refractivity contribution is 0.0927. The number of hydrogen-bond donors (Lipinski definition) is 2. The number of ketones is 1. The van der Waals surface area contributed by atoms with Crippen LogP contribution in [0.3, 0.4) is 0 Å². The van der Waals surface area contributed by atoms with Crippen molar-refractivity contribution < 1.29 is 18.8 Å². The highest BCUT2D eigenvalue weighted by molar-refractivity contribution is 5.98. The number of benzene rings is 2. The summed E-state index contributed by atoms with van der Waals surface area (Å²) in [5.74, 6) is -1.27. The Morgan fingerprint density at radius 1 is 1.12 bits per heavy atom. The minimum absolute atomic E-state index is 0.0104. The van der Waals surface area contributed by atoms with E-state index >= 15 is 0 Å². The molecule has 1 atom stereocenters. The highest BCUT2D eigenvalue weighted by Crippen LogP contribution is 2.35. The summed E-state index contributed by atoms with van der Waals surface area (Å²) < 4.78 is 7.83. The summed E-state index contributed by atoms with van der Waals surface area (Å²) in [6.07, 6.45) is 2.70. The molecule has 3 aromatic heterocycles. The number of fused-ring (bicyclic) bond motifs is 3. The highest BCUT2D eigenvalue weighted by atomic mass is 16.4. The van der Waals surface area contributed by atoms with Crippen LogP contribution < -0.4 is 16.4 Å². The molecule has 12 heteroatoms. The van der Waals surface area contributed by atoms with E-state index in [4.69, 9.17) is 4.42 Å². The summed E-state index contributed by atoms with van der Waals surface area (Å²) in [6.45, 7) is 3.64. The van der Waals surface area contributed by atoms with Gasteiger partial charge >= 0.3 is 5.76 Å². The van der Waals surface area contributed by atoms with E-state index in [0.29, 0.717) is 23.1 Å². The molecule has 12 nitrogen and oxygen atoms in total. The number of aromatic nitrogens is 5. The molecule has 1 aliphatic carbocycles. The molecule has 1 aliphatic rings. The van der Waals surface area contributed by atoms with Crippen molar-refractivity contribution >= 4 is 34.5 Å². The average Bonchev–Trinajstić information content (AvgIpc) is 3.65. The van der Waals surface area contributed by atoms with Crippen LogP contribution in [0.15, 0.2) is 51.9 Å². The predicted molar refractivity (Wildman–Crippen MR) is 143 cm³/mol. The number of oxazole rings is 1. The van der Waals surface area contributed by atoms with Crippen LogP contribution in [0.25, 0.3) is 16.9 Å². The summed E-state index contributed by atoms with van der Waals surface area (Å²) in [6, 6.07) is 10.0. The van der Waals surface area contributed by atoms with E-state index in [1.54, 1.807) is 38.2 Å². The standard InChI is InChI=1S/C28H25N7O5/c1-14-17(15(2)36)5-6-19-18(14)7-8-20(19)32-26(38)23-11-21(33-27-30-13-31-35(23)27)25(37)29-12-16-4-9-24-22(10-16)34(3)28(39)40-24/h4-6,9-11,13,20H,7-8,12H2,1-3H3,(H,29,37)(H,32,38)/t20-/m0/s1. The van der Waals surface area contributed by atoms with Crippen LogP contribution >= 0.6 is 0 Å². The fourth-order valence-corrected chi connectivity index (χ4v) is 5.29. The zero-order valence-electron chi connectivity index (χ0n) is 22.0. The molecule has 2 N–H and O–H groups in total. The minimum Gasteiger partial charge on any atom is -0.408 e. The molecule has 0 fully saturated rings. The zero-order valence-corrected chi connectivity index (χ0v) is 22.0. The summed E-state index contributed by atoms with van der Waals surface area (Å²) in [5, 5.41) is 9.96. The minimum atomic E-state index is -0.501. The van der Waals surface area contributed by atoms with E-state index in [1.807, 2.05) is 13.0 Å². The molecule has 2 aromatic carbocycles. The first-order valence-corrected chi connectivity index (χ1v) is 12.7. The number of Topliss-reactive ketones (excluding diaryl/α,β-unsaturated/α-hetero) is 1. The first kappa shape index (κ1) is 25.2. The number of carbonyl (C=O) groups is 3. The van der Waals surface area contributed by atoms with Crippen LogP contribution in [-0.4, -0.2) is 41.7 Å². The van der Waals surface area contributed by atoms with Gasteiger partial charge in [0.25, 0.3) is 17.6 Å². The largest absolute Gasteiger partial charge is 0.419 e. The molecular weight excluding hydrogens is 514 g/mol. The van der Waals surface area contributed by atoms with Crippen LogP contribution in [0.2, 0.25) is 0 Å². The van der Waals surface area contributed by atoms with Crippen molar-refractivity contribution in [1.82, 2.24) is 34.8 Å². The van der Waals surface area contributed by atoms with Crippen molar-refractivity contribution in [2.75, 3.05) is 0 Å². The van der Waals surface area contributed by atoms with Gasteiger partial charge in [0.15, 0.2) is 11.4 Å². The maximum atomic E-state index is 13.4. The summed E-state index contributed by atoms with van der Waals surface area (Å²) in [4.78, 5) is 58.6. The van der Waals surface area contributed by atoms with E-state index in [9.17, 15) is 19.2 Å². The van der Waals surface area contributed by atoms with Gasteiger partial charge in [0.2, 0.25) is 0 Å². The summed E-state index contributed by atoms with van der Waals surface area (Å²) >= 11 is 0. The van der Waals surface area contributed by atoms with Gasteiger partial charge < -0.3 is 15.1 Å². The third-order valence-electron chi connectivity index (χ3n) is 7.40. The Labute approximate surface area is 227 Å². The van der Waals surface area contributed by atoms with Crippen molar-refractivity contribution in [3.8, 4) is 0 Å². The van der Waals surface area contributed by atoms with Gasteiger partial charge in [-0.1, -0.05) is 18.2 Å². The van der Waals surface area contributed by atoms with Crippen LogP contribution in [0.1, 0.15) is 73.0 Å². The van der Waals surface area contributed by atoms with Crippen molar-refractivity contribution in [2.45, 2.75) is 39.3 Å². The predicted octanol–water partition coefficient (Wildman–Crippen LogP) is 2.43. The fourth-order valence-electron chi connectivity index (χ4n) is 5.29. The lowest BCUT2D eigenvalue weighted by atomic mass is 9.96. The lowest BCUT2D eigenvalue weighted by Crippen LogP contribution is -2.30. The Bertz CT molecular complexity index is 1920. The molecule has 2 amide bonds. The molecule has 0 spiro atoms. The van der Waals surface area contributed by atoms with Crippen LogP contribution in [0, 0.1) is 6.92 Å². The second kappa shape index (κ2) is 9.56. The fraction of sp³-hybridized carbons (Fsp3) is 0.250. The molecule has 3 heterocycles. The molecule has 40 heavy (non-hydrogen) atoms. The Morgan fingerprint density at radius 2 is 1.95 bits per heavy atom. The molecule has 5 aromatic rings. The molecule has 0 bridgehead atoms. The van der Waals surface area contributed by atoms with Crippen LogP contribution in [-0.2, 0) is 20.0 Å². The molecule has 0 aliphatic heterocycles. The van der Waals surface area contributed by atoms with Crippen molar-refractivity contribution in [1.29, 1.82) is 0 Å². The Kier molecular flexibility index (Phi) is 6.01. The van der Waals surface area contributed by atoms with Gasteiger partial charge in [-0.3, -0.25) is 19.0 Å². The van der Waals surface area contributed by atoms with Crippen molar-refractivity contribution in [3.05, 3.63) is 92.5 Å². The van der Waals surface area contributed by atoms with E-state index < -0.39 is 17.6 Å². The third-order valence-corrected chi connectivity index (χ3v) is 7.40. The third kappa shape index (κ3) is 4.23. The number of nitrogens with zero attached hydrogens (tertiary/aromatic N) is 5. The number of rotatable bonds is 6. The number of amides is 2. The quantitative estimate of drug-likeness (QED) is 0.312. The molecule has 0 saturated carbocycles. The van der Waals surface area contributed by atoms with Gasteiger partial charge in [0.05, 0.1) is 11.6 Å². The maximum absolute atomic E-state index is 13.4. The molecule has 6 rings (SSSR count). The van der Waals surface area contributed by atoms with Gasteiger partial charge in [0.1, 0.15) is 17.7 Å². The summed E-state index contributed by atoms with van der Waals surface area (Å²) in [7, 11) is 1.61. The second-order valence-electron chi connectivity index (χ2n) is 9.84. The molecule has 202 valence electrons. The second-order valence-corrected chi connectivity index (χ2v) is 9.84. The maximum Gasteiger partial charge on any atom is 0.419 e. The smallest absolute Gasteiger partial charge is 0.408 e. The SMILES string of the molecule is CC(=O)c1ccc2c(c1C)CC[C@@H]2NC(=O)c1cc(C(=O)NCc2ccc3oc(=O)n(C)c3c2)nc2ncnn12. The van der Waals surface area contributed by atoms with Crippen molar-refractivity contribution in [2.24, 2.45) is 7.05 Å². The number of aryl methyl sites for hydroxylation is 1. The lowest BCUT2D eigenvalue weighted by Gasteiger charge is -2.16. The van der Waals surface area contributed by atoms with E-state index in [1.165, 1.54) is 21.5 Å². The van der Waals surface area contributed by atoms with Gasteiger partial charge in [-0.15, -0.1) is 0 Å². The Hall–Kier alpha value is -5.13. The van der Waals surface area contributed by atoms with E-state index in [-0.39, 0.29) is 35.5 Å². The summed E-state index contributed by atoms with van der Waals surface area (Å²) in [5.41, 5.74) is 5.63. The number of nitrogens with one attached hydrogen (secondary N) is 2. The first-order chi connectivity index (χ1) is 19.2. The van der Waals surface area contributed by atoms with Crippen molar-refractivity contribution in [3.63, 3.8) is 0 Å². The molecule has 0 radical (unpaired) electrons. The normalized spacial score (nSPS) is 14.4. The Balaban J connectivity index is 1.23. The number of hydrogen-bond acceptors (Lipinski definition) is 8. The van der Waals surface area contributed by atoms with Gasteiger partial charge in [-0.05, 0) is 61.1 Å². The van der Waals surface area contributed by atoms with Crippen LogP contribution in [0.4, 0.5) is 0 Å². The van der Waals surface area contributed by atoms with Gasteiger partial charge in [0, 0.05) is 25.2 Å². The zero-order chi connectivity index (χ0) is 28.1. The van der Waals surface area contributed by atoms with Gasteiger partial charge in [-0.25, -0.2) is 9.78 Å². The average molecular weight is 540 g/mol. The first-order valence-electron chi connectivity index (χ1n) is 12.7. The molecule has 0 saturated heterocycles. The number of carbonyl (C=O) groups excluding carboxylic acids is 3. The monoisotopic (exact) mass is 539 g/mol. The van der Waals surface area contributed by atoms with E-state index in [2.05, 4.69) is 25.7 Å². The highest BCUT2D eigenvalue weighted by Gasteiger charge is 2.28. The molecular formula is C28H25N7O5. The van der Waals surface area contributed by atoms with E-state index in [0.717, 1.165) is 28.7 Å². The van der Waals surface area contributed by atoms with Gasteiger partial charge in [-0.2, -0.15) is 14.6 Å². The molecule has 0 unspecified atom stereocenters. The topological polar surface area (TPSA) is 153 Å².